The molecule has 2 heterocycles. The number of thiophene rings is 1. The average Bonchev–Trinajstić information content (AvgIpc) is 3.36. The Balaban J connectivity index is 1.19. The number of anilines is 1. The molecule has 6 nitrogen and oxygen atoms in total. The van der Waals surface area contributed by atoms with Crippen LogP contribution in [0.4, 0.5) is 5.82 Å². The topological polar surface area (TPSA) is 78.4 Å². The molecule has 2 aromatic heterocycles. The third kappa shape index (κ3) is 4.16. The van der Waals surface area contributed by atoms with Gasteiger partial charge < -0.3 is 10.4 Å². The second-order valence-electron chi connectivity index (χ2n) is 8.83. The Kier molecular flexibility index (Phi) is 5.63. The first-order valence-corrected chi connectivity index (χ1v) is 11.9. The highest BCUT2D eigenvalue weighted by Gasteiger charge is 2.26. The molecule has 0 atom stereocenters. The van der Waals surface area contributed by atoms with Crippen LogP contribution in [0.2, 0.25) is 0 Å². The molecule has 0 radical (unpaired) electrons. The van der Waals surface area contributed by atoms with Crippen LogP contribution in [0.5, 0.6) is 0 Å². The van der Waals surface area contributed by atoms with E-state index in [9.17, 15) is 4.79 Å². The number of aryl methyl sites for hydroxylation is 2. The highest BCUT2D eigenvalue weighted by Crippen LogP contribution is 2.39. The van der Waals surface area contributed by atoms with E-state index in [4.69, 9.17) is 5.11 Å². The molecular formula is C24H28N4O2S. The highest BCUT2D eigenvalue weighted by atomic mass is 32.1. The van der Waals surface area contributed by atoms with Gasteiger partial charge in [-0.3, -0.25) is 4.90 Å². The minimum absolute atomic E-state index is 0.341. The molecule has 0 unspecified atom stereocenters. The van der Waals surface area contributed by atoms with Crippen molar-refractivity contribution in [3.63, 3.8) is 0 Å². The van der Waals surface area contributed by atoms with Crippen molar-refractivity contribution in [1.29, 1.82) is 0 Å². The Morgan fingerprint density at radius 2 is 1.94 bits per heavy atom. The van der Waals surface area contributed by atoms with Gasteiger partial charge in [0.2, 0.25) is 0 Å². The van der Waals surface area contributed by atoms with Gasteiger partial charge in [0, 0.05) is 23.5 Å². The predicted octanol–water partition coefficient (Wildman–Crippen LogP) is 4.73. The van der Waals surface area contributed by atoms with Crippen LogP contribution in [0.25, 0.3) is 10.2 Å². The number of rotatable bonds is 6. The summed E-state index contributed by atoms with van der Waals surface area (Å²) >= 11 is 1.84. The number of benzene rings is 1. The zero-order chi connectivity index (χ0) is 21.4. The van der Waals surface area contributed by atoms with Gasteiger partial charge in [-0.1, -0.05) is 12.1 Å². The van der Waals surface area contributed by atoms with Gasteiger partial charge in [0.1, 0.15) is 17.0 Å². The van der Waals surface area contributed by atoms with Gasteiger partial charge in [0.15, 0.2) is 0 Å². The molecule has 2 N–H and O–H groups in total. The van der Waals surface area contributed by atoms with Crippen LogP contribution in [-0.4, -0.2) is 45.1 Å². The zero-order valence-corrected chi connectivity index (χ0v) is 18.6. The molecule has 3 aromatic rings. The van der Waals surface area contributed by atoms with Crippen molar-refractivity contribution in [2.45, 2.75) is 63.6 Å². The fourth-order valence-electron chi connectivity index (χ4n) is 5.06. The Labute approximate surface area is 186 Å². The Morgan fingerprint density at radius 3 is 2.68 bits per heavy atom. The van der Waals surface area contributed by atoms with E-state index in [0.29, 0.717) is 17.6 Å². The Hall–Kier alpha value is -2.51. The van der Waals surface area contributed by atoms with Crippen LogP contribution >= 0.6 is 11.3 Å². The summed E-state index contributed by atoms with van der Waals surface area (Å²) in [4.78, 5) is 25.2. The third-order valence-corrected chi connectivity index (χ3v) is 7.99. The standard InChI is InChI=1S/C24H28N4O2S/c1-28(13-15-5-7-16(8-6-15)24(29)30)18-11-9-17(10-12-18)27-22-21-19-3-2-4-20(19)31-23(21)26-14-25-22/h5-8,14,17-18H,2-4,9-13H2,1H3,(H,29,30)(H,25,26,27). The number of fused-ring (bicyclic) bond motifs is 3. The maximum atomic E-state index is 11.0. The molecule has 0 aliphatic heterocycles. The third-order valence-electron chi connectivity index (χ3n) is 6.80. The zero-order valence-electron chi connectivity index (χ0n) is 17.8. The summed E-state index contributed by atoms with van der Waals surface area (Å²) in [7, 11) is 2.17. The lowest BCUT2D eigenvalue weighted by atomic mass is 9.90. The second kappa shape index (κ2) is 8.55. The summed E-state index contributed by atoms with van der Waals surface area (Å²) in [6.45, 7) is 0.843. The number of carboxylic acid groups (broad SMARTS) is 1. The fraction of sp³-hybridized carbons (Fsp3) is 0.458. The summed E-state index contributed by atoms with van der Waals surface area (Å²) in [5.74, 6) is 0.152. The molecule has 162 valence electrons. The monoisotopic (exact) mass is 436 g/mol. The van der Waals surface area contributed by atoms with Gasteiger partial charge >= 0.3 is 5.97 Å². The lowest BCUT2D eigenvalue weighted by Crippen LogP contribution is -2.38. The Bertz CT molecular complexity index is 1090. The molecule has 2 aliphatic rings. The fourth-order valence-corrected chi connectivity index (χ4v) is 6.29. The summed E-state index contributed by atoms with van der Waals surface area (Å²) < 4.78 is 0. The molecule has 7 heteroatoms. The Morgan fingerprint density at radius 1 is 1.16 bits per heavy atom. The van der Waals surface area contributed by atoms with E-state index >= 15 is 0 Å². The minimum Gasteiger partial charge on any atom is -0.478 e. The van der Waals surface area contributed by atoms with Gasteiger partial charge in [-0.15, -0.1) is 11.3 Å². The van der Waals surface area contributed by atoms with Crippen molar-refractivity contribution in [1.82, 2.24) is 14.9 Å². The van der Waals surface area contributed by atoms with Gasteiger partial charge in [-0.25, -0.2) is 14.8 Å². The largest absolute Gasteiger partial charge is 0.478 e. The SMILES string of the molecule is CN(Cc1ccc(C(=O)O)cc1)C1CCC(Nc2ncnc3sc4c(c23)CCC4)CC1. The molecule has 0 spiro atoms. The minimum atomic E-state index is -0.876. The van der Waals surface area contributed by atoms with E-state index in [1.165, 1.54) is 28.7 Å². The van der Waals surface area contributed by atoms with Crippen molar-refractivity contribution >= 4 is 33.3 Å². The normalized spacial score (nSPS) is 20.8. The first-order chi connectivity index (χ1) is 15.1. The maximum Gasteiger partial charge on any atom is 0.335 e. The quantitative estimate of drug-likeness (QED) is 0.581. The van der Waals surface area contributed by atoms with E-state index in [1.807, 2.05) is 23.5 Å². The number of hydrogen-bond donors (Lipinski definition) is 2. The first-order valence-electron chi connectivity index (χ1n) is 11.1. The lowest BCUT2D eigenvalue weighted by molar-refractivity contribution is 0.0697. The maximum absolute atomic E-state index is 11.0. The smallest absolute Gasteiger partial charge is 0.335 e. The molecule has 0 bridgehead atoms. The van der Waals surface area contributed by atoms with E-state index in [0.717, 1.165) is 54.9 Å². The number of hydrogen-bond acceptors (Lipinski definition) is 6. The molecule has 5 rings (SSSR count). The summed E-state index contributed by atoms with van der Waals surface area (Å²) in [6, 6.07) is 8.23. The number of carbonyl (C=O) groups is 1. The van der Waals surface area contributed by atoms with Crippen molar-refractivity contribution < 1.29 is 9.90 Å². The van der Waals surface area contributed by atoms with Gasteiger partial charge in [0.25, 0.3) is 0 Å². The number of aromatic nitrogens is 2. The van der Waals surface area contributed by atoms with Crippen LogP contribution in [-0.2, 0) is 19.4 Å². The van der Waals surface area contributed by atoms with Crippen molar-refractivity contribution in [2.24, 2.45) is 0 Å². The molecule has 31 heavy (non-hydrogen) atoms. The van der Waals surface area contributed by atoms with Crippen LogP contribution in [0.3, 0.4) is 0 Å². The highest BCUT2D eigenvalue weighted by molar-refractivity contribution is 7.19. The average molecular weight is 437 g/mol. The number of nitrogens with zero attached hydrogens (tertiary/aromatic N) is 3. The van der Waals surface area contributed by atoms with Crippen molar-refractivity contribution in [3.05, 3.63) is 52.2 Å². The molecular weight excluding hydrogens is 408 g/mol. The van der Waals surface area contributed by atoms with Gasteiger partial charge in [-0.2, -0.15) is 0 Å². The molecule has 1 saturated carbocycles. The summed E-state index contributed by atoms with van der Waals surface area (Å²) in [5.41, 5.74) is 2.97. The number of aromatic carboxylic acids is 1. The second-order valence-corrected chi connectivity index (χ2v) is 9.91. The summed E-state index contributed by atoms with van der Waals surface area (Å²) in [6.07, 6.45) is 9.85. The van der Waals surface area contributed by atoms with Crippen LogP contribution in [0, 0.1) is 0 Å². The van der Waals surface area contributed by atoms with Crippen molar-refractivity contribution in [3.8, 4) is 0 Å². The van der Waals surface area contributed by atoms with Crippen LogP contribution < -0.4 is 5.32 Å². The van der Waals surface area contributed by atoms with Crippen LogP contribution in [0.15, 0.2) is 30.6 Å². The van der Waals surface area contributed by atoms with E-state index in [2.05, 4.69) is 27.2 Å². The van der Waals surface area contributed by atoms with E-state index in [-0.39, 0.29) is 0 Å². The molecule has 1 aromatic carbocycles. The molecule has 0 saturated heterocycles. The van der Waals surface area contributed by atoms with Gasteiger partial charge in [0.05, 0.1) is 10.9 Å². The lowest BCUT2D eigenvalue weighted by Gasteiger charge is -2.35. The van der Waals surface area contributed by atoms with Gasteiger partial charge in [-0.05, 0) is 75.3 Å². The molecule has 2 aliphatic carbocycles. The number of nitrogens with one attached hydrogen (secondary N) is 1. The first kappa shape index (κ1) is 20.4. The van der Waals surface area contributed by atoms with Crippen LogP contribution in [0.1, 0.15) is 58.5 Å². The summed E-state index contributed by atoms with van der Waals surface area (Å²) in [5, 5.41) is 14.1. The van der Waals surface area contributed by atoms with E-state index in [1.54, 1.807) is 18.5 Å². The predicted molar refractivity (Wildman–Crippen MR) is 124 cm³/mol. The molecule has 1 fully saturated rings. The van der Waals surface area contributed by atoms with E-state index < -0.39 is 5.97 Å². The number of carboxylic acids is 1. The molecule has 0 amide bonds. The van der Waals surface area contributed by atoms with Crippen molar-refractivity contribution in [2.75, 3.05) is 12.4 Å².